The number of carboxylic acid groups (broad SMARTS) is 1. The van der Waals surface area contributed by atoms with Crippen LogP contribution in [0.4, 0.5) is 0 Å². The SMILES string of the molecule is CC(C)C1=C2[C@H]3CC[C@@H]4[C@@]5(C)CC[C@H](OC(=O)[C@H]6C[C@@H](C(=O)O)C6(C)C)C(C)(C)[C@@H]5CC[C@@]4(C)[C@]3(C)CC[C@@]2(CC(=O)NCc2ccncc2)CC1=O. The number of Topliss-reactive ketones (excluding diaryl/α,β-unsaturated/α-hetero) is 1. The molecule has 0 spiro atoms. The Morgan fingerprint density at radius 3 is 2.21 bits per heavy atom. The van der Waals surface area contributed by atoms with Crippen molar-refractivity contribution in [2.24, 2.45) is 68.0 Å². The molecule has 1 aromatic rings. The molecule has 7 rings (SSSR count). The summed E-state index contributed by atoms with van der Waals surface area (Å²) < 4.78 is 6.41. The van der Waals surface area contributed by atoms with E-state index in [1.165, 1.54) is 5.57 Å². The molecule has 0 radical (unpaired) electrons. The third kappa shape index (κ3) is 5.59. The molecule has 1 amide bonds. The Bertz CT molecular complexity index is 1710. The van der Waals surface area contributed by atoms with Gasteiger partial charge in [-0.05, 0) is 126 Å². The van der Waals surface area contributed by atoms with Gasteiger partial charge in [0.15, 0.2) is 5.78 Å². The van der Waals surface area contributed by atoms with Crippen LogP contribution in [0.3, 0.4) is 0 Å². The second-order valence-electron chi connectivity index (χ2n) is 20.6. The van der Waals surface area contributed by atoms with E-state index < -0.39 is 22.7 Å². The van der Waals surface area contributed by atoms with Crippen molar-refractivity contribution in [1.82, 2.24) is 10.3 Å². The first kappa shape index (κ1) is 38.3. The van der Waals surface area contributed by atoms with Crippen LogP contribution < -0.4 is 5.32 Å². The lowest BCUT2D eigenvalue weighted by atomic mass is 9.33. The summed E-state index contributed by atoms with van der Waals surface area (Å²) in [7, 11) is 0. The highest BCUT2D eigenvalue weighted by molar-refractivity contribution is 6.01. The Morgan fingerprint density at radius 1 is 0.868 bits per heavy atom. The van der Waals surface area contributed by atoms with Gasteiger partial charge in [-0.2, -0.15) is 0 Å². The highest BCUT2D eigenvalue weighted by Gasteiger charge is 2.70. The highest BCUT2D eigenvalue weighted by Crippen LogP contribution is 2.77. The second-order valence-corrected chi connectivity index (χ2v) is 20.6. The van der Waals surface area contributed by atoms with Gasteiger partial charge < -0.3 is 15.2 Å². The molecule has 2 N–H and O–H groups in total. The third-order valence-electron chi connectivity index (χ3n) is 17.4. The zero-order chi connectivity index (χ0) is 38.5. The number of fused-ring (bicyclic) bond motifs is 7. The number of aliphatic carboxylic acids is 1. The van der Waals surface area contributed by atoms with E-state index in [-0.39, 0.29) is 63.2 Å². The van der Waals surface area contributed by atoms with Crippen molar-refractivity contribution < 1.29 is 29.0 Å². The Hall–Kier alpha value is -3.03. The maximum atomic E-state index is 14.0. The van der Waals surface area contributed by atoms with Crippen LogP contribution >= 0.6 is 0 Å². The van der Waals surface area contributed by atoms with E-state index in [0.717, 1.165) is 62.5 Å². The monoisotopic (exact) mass is 728 g/mol. The lowest BCUT2D eigenvalue weighted by Gasteiger charge is -2.72. The van der Waals surface area contributed by atoms with Gasteiger partial charge in [-0.25, -0.2) is 0 Å². The van der Waals surface area contributed by atoms with E-state index in [0.29, 0.717) is 37.6 Å². The Balaban J connectivity index is 1.13. The molecule has 290 valence electrons. The van der Waals surface area contributed by atoms with Crippen molar-refractivity contribution in [3.63, 3.8) is 0 Å². The van der Waals surface area contributed by atoms with E-state index in [2.05, 4.69) is 58.8 Å². The number of hydrogen-bond donors (Lipinski definition) is 2. The molecule has 0 bridgehead atoms. The molecule has 6 aliphatic carbocycles. The predicted molar refractivity (Wildman–Crippen MR) is 203 cm³/mol. The molecule has 1 heterocycles. The summed E-state index contributed by atoms with van der Waals surface area (Å²) in [6.07, 6.45) is 12.5. The topological polar surface area (TPSA) is 123 Å². The molecule has 1 aromatic heterocycles. The smallest absolute Gasteiger partial charge is 0.309 e. The molecule has 8 nitrogen and oxygen atoms in total. The summed E-state index contributed by atoms with van der Waals surface area (Å²) in [4.78, 5) is 57.2. The number of ether oxygens (including phenoxy) is 1. The molecule has 0 aliphatic heterocycles. The van der Waals surface area contributed by atoms with E-state index in [1.54, 1.807) is 12.4 Å². The maximum Gasteiger partial charge on any atom is 0.309 e. The normalized spacial score (nSPS) is 41.0. The van der Waals surface area contributed by atoms with Gasteiger partial charge >= 0.3 is 11.9 Å². The summed E-state index contributed by atoms with van der Waals surface area (Å²) in [6, 6.07) is 3.85. The van der Waals surface area contributed by atoms with Crippen LogP contribution in [0.1, 0.15) is 139 Å². The van der Waals surface area contributed by atoms with E-state index in [1.807, 2.05) is 26.0 Å². The van der Waals surface area contributed by atoms with Crippen molar-refractivity contribution in [2.45, 2.75) is 146 Å². The van der Waals surface area contributed by atoms with Crippen LogP contribution in [-0.2, 0) is 30.5 Å². The number of esters is 1. The fourth-order valence-electron chi connectivity index (χ4n) is 14.2. The number of carbonyl (C=O) groups excluding carboxylic acids is 3. The van der Waals surface area contributed by atoms with Crippen LogP contribution in [0, 0.1) is 68.0 Å². The molecule has 5 fully saturated rings. The first-order chi connectivity index (χ1) is 24.7. The minimum atomic E-state index is -0.830. The van der Waals surface area contributed by atoms with E-state index >= 15 is 0 Å². The van der Waals surface area contributed by atoms with Crippen molar-refractivity contribution in [1.29, 1.82) is 0 Å². The summed E-state index contributed by atoms with van der Waals surface area (Å²) >= 11 is 0. The number of ketones is 1. The maximum absolute atomic E-state index is 14.0. The molecule has 8 heteroatoms. The molecule has 5 saturated carbocycles. The average Bonchev–Trinajstić information content (AvgIpc) is 3.37. The van der Waals surface area contributed by atoms with Crippen LogP contribution in [0.25, 0.3) is 0 Å². The number of hydrogen-bond acceptors (Lipinski definition) is 6. The van der Waals surface area contributed by atoms with Gasteiger partial charge in [0.1, 0.15) is 6.10 Å². The number of amides is 1. The molecular weight excluding hydrogens is 665 g/mol. The molecule has 0 saturated heterocycles. The third-order valence-corrected chi connectivity index (χ3v) is 17.4. The minimum Gasteiger partial charge on any atom is -0.481 e. The quantitative estimate of drug-likeness (QED) is 0.257. The molecule has 6 aliphatic rings. The van der Waals surface area contributed by atoms with Gasteiger partial charge in [0.2, 0.25) is 5.91 Å². The largest absolute Gasteiger partial charge is 0.481 e. The lowest BCUT2D eigenvalue weighted by Crippen LogP contribution is -2.66. The summed E-state index contributed by atoms with van der Waals surface area (Å²) in [5.74, 6) is -0.363. The molecule has 0 aromatic carbocycles. The van der Waals surface area contributed by atoms with Gasteiger partial charge in [-0.15, -0.1) is 0 Å². The van der Waals surface area contributed by atoms with Gasteiger partial charge in [-0.3, -0.25) is 24.2 Å². The minimum absolute atomic E-state index is 0.00491. The standard InChI is InChI=1S/C45H64N2O6/c1-26(2)36-31(48)23-45(24-35(49)47-25-27-14-20-46-21-15-27)19-18-43(8)28(37(36)45)10-11-33-42(7)16-13-34(41(5,6)32(42)12-17-44(33,43)9)53-39(52)30-22-29(38(50)51)40(30,3)4/h14-15,20-21,26,28-30,32-34H,10-13,16-19,22-25H2,1-9H3,(H,47,49)(H,50,51)/t28-,29+,30-,32+,33-,34+,42+,43-,44-,45+/m1/s1. The zero-order valence-electron chi connectivity index (χ0n) is 33.8. The number of nitrogens with one attached hydrogen (secondary N) is 1. The van der Waals surface area contributed by atoms with Crippen LogP contribution in [0.5, 0.6) is 0 Å². The number of rotatable bonds is 8. The molecule has 53 heavy (non-hydrogen) atoms. The van der Waals surface area contributed by atoms with Crippen molar-refractivity contribution >= 4 is 23.6 Å². The van der Waals surface area contributed by atoms with E-state index in [4.69, 9.17) is 4.74 Å². The number of allylic oxidation sites excluding steroid dienone is 2. The summed E-state index contributed by atoms with van der Waals surface area (Å²) in [6.45, 7) is 20.8. The number of aromatic nitrogens is 1. The van der Waals surface area contributed by atoms with E-state index in [9.17, 15) is 24.3 Å². The Morgan fingerprint density at radius 2 is 1.57 bits per heavy atom. The van der Waals surface area contributed by atoms with Gasteiger partial charge in [0, 0.05) is 42.6 Å². The van der Waals surface area contributed by atoms with Crippen molar-refractivity contribution in [3.05, 3.63) is 41.2 Å². The summed E-state index contributed by atoms with van der Waals surface area (Å²) in [5.41, 5.74) is 2.30. The number of carbonyl (C=O) groups is 4. The first-order valence-electron chi connectivity index (χ1n) is 20.6. The lowest BCUT2D eigenvalue weighted by molar-refractivity contribution is -0.236. The number of nitrogens with zero attached hydrogens (tertiary/aromatic N) is 1. The van der Waals surface area contributed by atoms with Crippen LogP contribution in [-0.4, -0.2) is 39.8 Å². The molecule has 0 unspecified atom stereocenters. The van der Waals surface area contributed by atoms with Gasteiger partial charge in [0.25, 0.3) is 0 Å². The highest BCUT2D eigenvalue weighted by atomic mass is 16.5. The van der Waals surface area contributed by atoms with Gasteiger partial charge in [0.05, 0.1) is 11.8 Å². The van der Waals surface area contributed by atoms with Crippen LogP contribution in [0.2, 0.25) is 0 Å². The number of carboxylic acids is 1. The van der Waals surface area contributed by atoms with Crippen LogP contribution in [0.15, 0.2) is 35.7 Å². The Kier molecular flexibility index (Phi) is 9.21. The van der Waals surface area contributed by atoms with Crippen molar-refractivity contribution in [2.75, 3.05) is 0 Å². The van der Waals surface area contributed by atoms with Crippen molar-refractivity contribution in [3.8, 4) is 0 Å². The zero-order valence-corrected chi connectivity index (χ0v) is 33.8. The molecular formula is C45H64N2O6. The summed E-state index contributed by atoms with van der Waals surface area (Å²) in [5, 5.41) is 12.8. The second kappa shape index (κ2) is 12.8. The predicted octanol–water partition coefficient (Wildman–Crippen LogP) is 8.73. The fourth-order valence-corrected chi connectivity index (χ4v) is 14.2. The van der Waals surface area contributed by atoms with Gasteiger partial charge in [-0.1, -0.05) is 67.9 Å². The molecule has 10 atom stereocenters. The average molecular weight is 729 g/mol. The number of pyridine rings is 1. The Labute approximate surface area is 317 Å². The first-order valence-corrected chi connectivity index (χ1v) is 20.6. The fraction of sp³-hybridized carbons (Fsp3) is 0.756.